The minimum absolute atomic E-state index is 0.0975. The van der Waals surface area contributed by atoms with Crippen molar-refractivity contribution in [3.05, 3.63) is 53.6 Å². The van der Waals surface area contributed by atoms with Crippen LogP contribution in [0.15, 0.2) is 42.5 Å². The molecule has 0 fully saturated rings. The number of methoxy groups -OCH3 is 1. The van der Waals surface area contributed by atoms with Gasteiger partial charge >= 0.3 is 0 Å². The first-order valence-corrected chi connectivity index (χ1v) is 7.89. The molecular weight excluding hydrogens is 304 g/mol. The molecule has 2 amide bonds. The zero-order chi connectivity index (χ0) is 17.1. The molecule has 1 heterocycles. The molecule has 1 aliphatic rings. The zero-order valence-corrected chi connectivity index (χ0v) is 13.8. The number of hydrogen-bond acceptors (Lipinski definition) is 3. The number of carbonyl (C=O) groups excluding carboxylic acids is 2. The van der Waals surface area contributed by atoms with E-state index in [0.717, 1.165) is 22.5 Å². The van der Waals surface area contributed by atoms with E-state index in [1.807, 2.05) is 42.5 Å². The van der Waals surface area contributed by atoms with Gasteiger partial charge in [-0.3, -0.25) is 9.59 Å². The van der Waals surface area contributed by atoms with Gasteiger partial charge in [0.1, 0.15) is 5.75 Å². The molecule has 1 N–H and O–H groups in total. The van der Waals surface area contributed by atoms with E-state index in [4.69, 9.17) is 4.74 Å². The number of para-hydroxylation sites is 1. The average molecular weight is 324 g/mol. The average Bonchev–Trinajstić information content (AvgIpc) is 2.58. The summed E-state index contributed by atoms with van der Waals surface area (Å²) in [6.07, 6.45) is 1.45. The molecule has 0 saturated heterocycles. The number of carbonyl (C=O) groups is 2. The SMILES string of the molecule is COc1ccccc1CC(=O)Nc1ccc2c(c1)CCC(=O)N2C. The van der Waals surface area contributed by atoms with Gasteiger partial charge in [0.25, 0.3) is 0 Å². The third kappa shape index (κ3) is 3.25. The molecule has 124 valence electrons. The van der Waals surface area contributed by atoms with Crippen LogP contribution in [-0.2, 0) is 22.4 Å². The minimum atomic E-state index is -0.0975. The molecule has 5 heteroatoms. The quantitative estimate of drug-likeness (QED) is 0.941. The van der Waals surface area contributed by atoms with Gasteiger partial charge in [0.2, 0.25) is 11.8 Å². The largest absolute Gasteiger partial charge is 0.496 e. The van der Waals surface area contributed by atoms with E-state index in [1.54, 1.807) is 19.1 Å². The molecule has 2 aromatic rings. The number of aryl methyl sites for hydroxylation is 1. The molecule has 0 unspecified atom stereocenters. The molecule has 0 radical (unpaired) electrons. The fraction of sp³-hybridized carbons (Fsp3) is 0.263. The number of benzene rings is 2. The Bertz CT molecular complexity index is 786. The van der Waals surface area contributed by atoms with E-state index in [1.165, 1.54) is 0 Å². The topological polar surface area (TPSA) is 58.6 Å². The second kappa shape index (κ2) is 6.74. The molecule has 0 saturated carbocycles. The molecule has 2 aromatic carbocycles. The van der Waals surface area contributed by atoms with Gasteiger partial charge in [-0.05, 0) is 36.2 Å². The van der Waals surface area contributed by atoms with Crippen molar-refractivity contribution in [1.29, 1.82) is 0 Å². The summed E-state index contributed by atoms with van der Waals surface area (Å²) < 4.78 is 5.28. The van der Waals surface area contributed by atoms with Gasteiger partial charge in [0, 0.05) is 30.4 Å². The number of hydrogen-bond donors (Lipinski definition) is 1. The van der Waals surface area contributed by atoms with E-state index in [9.17, 15) is 9.59 Å². The van der Waals surface area contributed by atoms with E-state index in [0.29, 0.717) is 18.6 Å². The lowest BCUT2D eigenvalue weighted by atomic mass is 10.0. The molecule has 0 bridgehead atoms. The summed E-state index contributed by atoms with van der Waals surface area (Å²) in [6, 6.07) is 13.1. The number of amides is 2. The van der Waals surface area contributed by atoms with E-state index < -0.39 is 0 Å². The van der Waals surface area contributed by atoms with Crippen LogP contribution in [-0.4, -0.2) is 26.0 Å². The van der Waals surface area contributed by atoms with Crippen LogP contribution in [0.25, 0.3) is 0 Å². The maximum atomic E-state index is 12.3. The summed E-state index contributed by atoms with van der Waals surface area (Å²) in [7, 11) is 3.37. The zero-order valence-electron chi connectivity index (χ0n) is 13.8. The van der Waals surface area contributed by atoms with E-state index in [2.05, 4.69) is 5.32 Å². The highest BCUT2D eigenvalue weighted by Gasteiger charge is 2.21. The van der Waals surface area contributed by atoms with Crippen LogP contribution < -0.4 is 15.0 Å². The molecule has 0 aliphatic carbocycles. The molecular formula is C19H20N2O3. The predicted octanol–water partition coefficient (Wildman–Crippen LogP) is 2.79. The summed E-state index contributed by atoms with van der Waals surface area (Å²) in [6.45, 7) is 0. The maximum Gasteiger partial charge on any atom is 0.228 e. The van der Waals surface area contributed by atoms with E-state index >= 15 is 0 Å². The Morgan fingerprint density at radius 1 is 1.21 bits per heavy atom. The number of nitrogens with one attached hydrogen (secondary N) is 1. The first-order valence-electron chi connectivity index (χ1n) is 7.89. The molecule has 0 spiro atoms. The lowest BCUT2D eigenvalue weighted by Crippen LogP contribution is -2.31. The Morgan fingerprint density at radius 3 is 2.79 bits per heavy atom. The molecule has 1 aliphatic heterocycles. The second-order valence-corrected chi connectivity index (χ2v) is 5.83. The molecule has 24 heavy (non-hydrogen) atoms. The van der Waals surface area contributed by atoms with Gasteiger partial charge in [0.15, 0.2) is 0 Å². The Hall–Kier alpha value is -2.82. The highest BCUT2D eigenvalue weighted by Crippen LogP contribution is 2.29. The number of fused-ring (bicyclic) bond motifs is 1. The van der Waals surface area contributed by atoms with Crippen molar-refractivity contribution >= 4 is 23.2 Å². The van der Waals surface area contributed by atoms with Gasteiger partial charge in [0.05, 0.1) is 13.5 Å². The van der Waals surface area contributed by atoms with Gasteiger partial charge < -0.3 is 15.0 Å². The highest BCUT2D eigenvalue weighted by atomic mass is 16.5. The highest BCUT2D eigenvalue weighted by molar-refractivity contribution is 5.97. The predicted molar refractivity (Wildman–Crippen MR) is 93.5 cm³/mol. The Labute approximate surface area is 141 Å². The van der Waals surface area contributed by atoms with Crippen molar-refractivity contribution in [3.8, 4) is 5.75 Å². The lowest BCUT2D eigenvalue weighted by Gasteiger charge is -2.26. The third-order valence-electron chi connectivity index (χ3n) is 4.25. The number of nitrogens with zero attached hydrogens (tertiary/aromatic N) is 1. The maximum absolute atomic E-state index is 12.3. The minimum Gasteiger partial charge on any atom is -0.496 e. The van der Waals surface area contributed by atoms with Gasteiger partial charge in [-0.15, -0.1) is 0 Å². The fourth-order valence-corrected chi connectivity index (χ4v) is 2.96. The monoisotopic (exact) mass is 324 g/mol. The second-order valence-electron chi connectivity index (χ2n) is 5.83. The van der Waals surface area contributed by atoms with Gasteiger partial charge in [-0.2, -0.15) is 0 Å². The van der Waals surface area contributed by atoms with Crippen LogP contribution in [0.1, 0.15) is 17.5 Å². The normalized spacial score (nSPS) is 13.4. The summed E-state index contributed by atoms with van der Waals surface area (Å²) in [5.41, 5.74) is 3.58. The van der Waals surface area contributed by atoms with E-state index in [-0.39, 0.29) is 18.2 Å². The molecule has 0 atom stereocenters. The van der Waals surface area contributed by atoms with Crippen LogP contribution >= 0.6 is 0 Å². The fourth-order valence-electron chi connectivity index (χ4n) is 2.96. The van der Waals surface area contributed by atoms with Crippen LogP contribution in [0, 0.1) is 0 Å². The van der Waals surface area contributed by atoms with Crippen LogP contribution in [0.2, 0.25) is 0 Å². The summed E-state index contributed by atoms with van der Waals surface area (Å²) in [5.74, 6) is 0.730. The Kier molecular flexibility index (Phi) is 4.51. The van der Waals surface area contributed by atoms with Gasteiger partial charge in [-0.25, -0.2) is 0 Å². The van der Waals surface area contributed by atoms with Crippen molar-refractivity contribution in [3.63, 3.8) is 0 Å². The molecule has 3 rings (SSSR count). The summed E-state index contributed by atoms with van der Waals surface area (Å²) in [5, 5.41) is 2.92. The third-order valence-corrected chi connectivity index (χ3v) is 4.25. The van der Waals surface area contributed by atoms with Crippen molar-refractivity contribution in [1.82, 2.24) is 0 Å². The van der Waals surface area contributed by atoms with Crippen LogP contribution in [0.5, 0.6) is 5.75 Å². The molecule has 0 aromatic heterocycles. The number of ether oxygens (including phenoxy) is 1. The lowest BCUT2D eigenvalue weighted by molar-refractivity contribution is -0.118. The summed E-state index contributed by atoms with van der Waals surface area (Å²) >= 11 is 0. The Balaban J connectivity index is 1.72. The van der Waals surface area contributed by atoms with Crippen LogP contribution in [0.3, 0.4) is 0 Å². The smallest absolute Gasteiger partial charge is 0.228 e. The number of rotatable bonds is 4. The van der Waals surface area contributed by atoms with Crippen molar-refractivity contribution in [2.24, 2.45) is 0 Å². The van der Waals surface area contributed by atoms with Crippen LogP contribution in [0.4, 0.5) is 11.4 Å². The van der Waals surface area contributed by atoms with Crippen molar-refractivity contribution < 1.29 is 14.3 Å². The molecule has 5 nitrogen and oxygen atoms in total. The standard InChI is InChI=1S/C19H20N2O3/c1-21-16-9-8-15(11-13(16)7-10-19(21)23)20-18(22)12-14-5-3-4-6-17(14)24-2/h3-6,8-9,11H,7,10,12H2,1-2H3,(H,20,22). The van der Waals surface area contributed by atoms with Gasteiger partial charge in [-0.1, -0.05) is 18.2 Å². The first-order chi connectivity index (χ1) is 11.6. The first kappa shape index (κ1) is 16.1. The summed E-state index contributed by atoms with van der Waals surface area (Å²) in [4.78, 5) is 25.7. The Morgan fingerprint density at radius 2 is 2.00 bits per heavy atom. The number of anilines is 2. The van der Waals surface area contributed by atoms with Crippen molar-refractivity contribution in [2.45, 2.75) is 19.3 Å². The van der Waals surface area contributed by atoms with Crippen molar-refractivity contribution in [2.75, 3.05) is 24.4 Å².